The zero-order valence-corrected chi connectivity index (χ0v) is 11.2. The first-order valence-electron chi connectivity index (χ1n) is 6.56. The number of rotatable bonds is 3. The molecule has 0 atom stereocenters. The second-order valence-electron chi connectivity index (χ2n) is 4.98. The van der Waals surface area contributed by atoms with Crippen LogP contribution in [0.15, 0.2) is 36.8 Å². The van der Waals surface area contributed by atoms with E-state index in [9.17, 15) is 13.2 Å². The van der Waals surface area contributed by atoms with Gasteiger partial charge < -0.3 is 9.30 Å². The average Bonchev–Trinajstić information content (AvgIpc) is 2.87. The van der Waals surface area contributed by atoms with Gasteiger partial charge in [-0.2, -0.15) is 0 Å². The van der Waals surface area contributed by atoms with Crippen LogP contribution in [0.25, 0.3) is 0 Å². The zero-order valence-electron chi connectivity index (χ0n) is 11.2. The molecule has 0 N–H and O–H groups in total. The van der Waals surface area contributed by atoms with E-state index in [4.69, 9.17) is 0 Å². The number of ether oxygens (including phenoxy) is 1. The molecule has 4 nitrogen and oxygen atoms in total. The maximum atomic E-state index is 12.1. The molecule has 1 aromatic carbocycles. The lowest BCUT2D eigenvalue weighted by atomic mass is 10.2. The molecule has 0 spiro atoms. The quantitative estimate of drug-likeness (QED) is 0.872. The molecule has 112 valence electrons. The van der Waals surface area contributed by atoms with Crippen LogP contribution >= 0.6 is 0 Å². The summed E-state index contributed by atoms with van der Waals surface area (Å²) in [4.78, 5) is 6.34. The van der Waals surface area contributed by atoms with Gasteiger partial charge in [0.1, 0.15) is 5.75 Å². The van der Waals surface area contributed by atoms with E-state index in [0.717, 1.165) is 30.9 Å². The molecule has 7 heteroatoms. The van der Waals surface area contributed by atoms with Crippen LogP contribution in [0.4, 0.5) is 13.2 Å². The van der Waals surface area contributed by atoms with Crippen molar-refractivity contribution in [3.8, 4) is 5.75 Å². The third-order valence-corrected chi connectivity index (χ3v) is 3.40. The van der Waals surface area contributed by atoms with Crippen molar-refractivity contribution in [2.75, 3.05) is 6.54 Å². The molecule has 0 unspecified atom stereocenters. The van der Waals surface area contributed by atoms with E-state index in [-0.39, 0.29) is 5.75 Å². The SMILES string of the molecule is FC(F)(F)Oc1ccc(CN2CCn3cncc3C2)cc1. The Hall–Kier alpha value is -2.02. The van der Waals surface area contributed by atoms with Gasteiger partial charge in [-0.25, -0.2) is 4.98 Å². The fourth-order valence-electron chi connectivity index (χ4n) is 2.43. The largest absolute Gasteiger partial charge is 0.573 e. The molecule has 0 radical (unpaired) electrons. The van der Waals surface area contributed by atoms with Gasteiger partial charge in [-0.05, 0) is 17.7 Å². The number of benzene rings is 1. The van der Waals surface area contributed by atoms with Gasteiger partial charge in [-0.1, -0.05) is 12.1 Å². The molecule has 21 heavy (non-hydrogen) atoms. The highest BCUT2D eigenvalue weighted by Crippen LogP contribution is 2.23. The molecule has 0 aliphatic carbocycles. The highest BCUT2D eigenvalue weighted by Gasteiger charge is 2.31. The maximum absolute atomic E-state index is 12.1. The van der Waals surface area contributed by atoms with Crippen molar-refractivity contribution in [3.63, 3.8) is 0 Å². The third kappa shape index (κ3) is 3.55. The summed E-state index contributed by atoms with van der Waals surface area (Å²) in [6, 6.07) is 6.01. The molecular weight excluding hydrogens is 283 g/mol. The molecule has 1 aliphatic heterocycles. The molecule has 2 aromatic rings. The Morgan fingerprint density at radius 3 is 2.62 bits per heavy atom. The van der Waals surface area contributed by atoms with Crippen LogP contribution < -0.4 is 4.74 Å². The predicted octanol–water partition coefficient (Wildman–Crippen LogP) is 2.80. The predicted molar refractivity (Wildman–Crippen MR) is 69.5 cm³/mol. The number of fused-ring (bicyclic) bond motifs is 1. The molecule has 1 aliphatic rings. The topological polar surface area (TPSA) is 30.3 Å². The van der Waals surface area contributed by atoms with Gasteiger partial charge in [0.25, 0.3) is 0 Å². The van der Waals surface area contributed by atoms with E-state index in [1.54, 1.807) is 12.1 Å². The summed E-state index contributed by atoms with van der Waals surface area (Å²) in [5.74, 6) is -0.192. The number of halogens is 3. The lowest BCUT2D eigenvalue weighted by Crippen LogP contribution is -2.32. The van der Waals surface area contributed by atoms with Gasteiger partial charge in [-0.3, -0.25) is 4.90 Å². The van der Waals surface area contributed by atoms with E-state index in [1.807, 2.05) is 12.5 Å². The van der Waals surface area contributed by atoms with E-state index in [2.05, 4.69) is 19.2 Å². The smallest absolute Gasteiger partial charge is 0.406 e. The van der Waals surface area contributed by atoms with Crippen molar-refractivity contribution in [1.29, 1.82) is 0 Å². The van der Waals surface area contributed by atoms with Crippen molar-refractivity contribution in [1.82, 2.24) is 14.5 Å². The molecule has 0 saturated carbocycles. The van der Waals surface area contributed by atoms with Crippen LogP contribution in [0.2, 0.25) is 0 Å². The van der Waals surface area contributed by atoms with Gasteiger partial charge in [0, 0.05) is 32.4 Å². The number of nitrogens with zero attached hydrogens (tertiary/aromatic N) is 3. The third-order valence-electron chi connectivity index (χ3n) is 3.40. The molecule has 3 rings (SSSR count). The number of hydrogen-bond donors (Lipinski definition) is 0. The van der Waals surface area contributed by atoms with E-state index in [1.165, 1.54) is 12.1 Å². The van der Waals surface area contributed by atoms with Gasteiger partial charge in [0.05, 0.1) is 12.0 Å². The summed E-state index contributed by atoms with van der Waals surface area (Å²) < 4.78 is 42.2. The summed E-state index contributed by atoms with van der Waals surface area (Å²) in [5, 5.41) is 0. The zero-order chi connectivity index (χ0) is 14.9. The second kappa shape index (κ2) is 5.40. The first-order chi connectivity index (χ1) is 9.99. The highest BCUT2D eigenvalue weighted by molar-refractivity contribution is 5.27. The molecule has 0 fully saturated rings. The first kappa shape index (κ1) is 13.9. The Balaban J connectivity index is 1.61. The number of imidazole rings is 1. The fraction of sp³-hybridized carbons (Fsp3) is 0.357. The van der Waals surface area contributed by atoms with Crippen molar-refractivity contribution >= 4 is 0 Å². The summed E-state index contributed by atoms with van der Waals surface area (Å²) in [5.41, 5.74) is 2.11. The molecule has 0 amide bonds. The Morgan fingerprint density at radius 2 is 1.90 bits per heavy atom. The Labute approximate surface area is 119 Å². The van der Waals surface area contributed by atoms with Crippen LogP contribution in [0.3, 0.4) is 0 Å². The number of hydrogen-bond acceptors (Lipinski definition) is 3. The summed E-state index contributed by atoms with van der Waals surface area (Å²) >= 11 is 0. The summed E-state index contributed by atoms with van der Waals surface area (Å²) in [7, 11) is 0. The van der Waals surface area contributed by atoms with Crippen LogP contribution in [0.5, 0.6) is 5.75 Å². The number of alkyl halides is 3. The lowest BCUT2D eigenvalue weighted by molar-refractivity contribution is -0.274. The van der Waals surface area contributed by atoms with Gasteiger partial charge >= 0.3 is 6.36 Å². The lowest BCUT2D eigenvalue weighted by Gasteiger charge is -2.28. The summed E-state index contributed by atoms with van der Waals surface area (Å²) in [6.07, 6.45) is -0.991. The standard InChI is InChI=1S/C14H14F3N3O/c15-14(16,17)21-13-3-1-11(2-4-13)8-19-5-6-20-10-18-7-12(20)9-19/h1-4,7,10H,5-6,8-9H2. The van der Waals surface area contributed by atoms with Gasteiger partial charge in [-0.15, -0.1) is 13.2 Å². The molecule has 0 bridgehead atoms. The van der Waals surface area contributed by atoms with Crippen LogP contribution in [0.1, 0.15) is 11.3 Å². The summed E-state index contributed by atoms with van der Waals surface area (Å²) in [6.45, 7) is 3.26. The molecule has 0 saturated heterocycles. The maximum Gasteiger partial charge on any atom is 0.573 e. The molecule has 1 aromatic heterocycles. The number of aromatic nitrogens is 2. The van der Waals surface area contributed by atoms with Gasteiger partial charge in [0.2, 0.25) is 0 Å². The first-order valence-corrected chi connectivity index (χ1v) is 6.56. The van der Waals surface area contributed by atoms with Crippen molar-refractivity contribution in [3.05, 3.63) is 48.0 Å². The van der Waals surface area contributed by atoms with E-state index >= 15 is 0 Å². The van der Waals surface area contributed by atoms with Crippen molar-refractivity contribution < 1.29 is 17.9 Å². The monoisotopic (exact) mass is 297 g/mol. The average molecular weight is 297 g/mol. The van der Waals surface area contributed by atoms with Gasteiger partial charge in [0.15, 0.2) is 0 Å². The Morgan fingerprint density at radius 1 is 1.14 bits per heavy atom. The minimum absolute atomic E-state index is 0.192. The van der Waals surface area contributed by atoms with E-state index < -0.39 is 6.36 Å². The van der Waals surface area contributed by atoms with E-state index in [0.29, 0.717) is 6.54 Å². The van der Waals surface area contributed by atoms with Crippen LogP contribution in [-0.4, -0.2) is 27.4 Å². The Bertz CT molecular complexity index is 607. The molecule has 2 heterocycles. The minimum atomic E-state index is -4.65. The normalized spacial score (nSPS) is 15.8. The molecular formula is C14H14F3N3O. The minimum Gasteiger partial charge on any atom is -0.406 e. The van der Waals surface area contributed by atoms with Crippen LogP contribution in [0, 0.1) is 0 Å². The van der Waals surface area contributed by atoms with Crippen molar-refractivity contribution in [2.24, 2.45) is 0 Å². The Kier molecular flexibility index (Phi) is 3.59. The van der Waals surface area contributed by atoms with Crippen molar-refractivity contribution in [2.45, 2.75) is 26.0 Å². The highest BCUT2D eigenvalue weighted by atomic mass is 19.4. The fourth-order valence-corrected chi connectivity index (χ4v) is 2.43. The van der Waals surface area contributed by atoms with Crippen LogP contribution in [-0.2, 0) is 19.6 Å². The second-order valence-corrected chi connectivity index (χ2v) is 4.98.